The summed E-state index contributed by atoms with van der Waals surface area (Å²) in [6, 6.07) is 11.5. The summed E-state index contributed by atoms with van der Waals surface area (Å²) in [5.41, 5.74) is 1.62. The molecule has 7 heteroatoms. The van der Waals surface area contributed by atoms with Gasteiger partial charge in [-0.2, -0.15) is 18.3 Å². The lowest BCUT2D eigenvalue weighted by molar-refractivity contribution is -0.137. The number of rotatable bonds is 3. The third kappa shape index (κ3) is 4.17. The molecule has 0 saturated heterocycles. The first-order chi connectivity index (χ1) is 10.4. The van der Waals surface area contributed by atoms with Crippen molar-refractivity contribution in [3.63, 3.8) is 0 Å². The molecule has 2 aromatic carbocycles. The lowest BCUT2D eigenvalue weighted by atomic mass is 10.1. The quantitative estimate of drug-likeness (QED) is 0.637. The van der Waals surface area contributed by atoms with E-state index in [4.69, 9.17) is 0 Å². The van der Waals surface area contributed by atoms with E-state index in [1.165, 1.54) is 18.2 Å². The first-order valence-electron chi connectivity index (χ1n) is 6.13. The van der Waals surface area contributed by atoms with E-state index in [0.717, 1.165) is 16.8 Å². The van der Waals surface area contributed by atoms with Crippen molar-refractivity contribution in [3.8, 4) is 0 Å². The molecule has 0 aliphatic carbocycles. The van der Waals surface area contributed by atoms with Gasteiger partial charge in [-0.05, 0) is 30.3 Å². The first kappa shape index (κ1) is 16.2. The van der Waals surface area contributed by atoms with Gasteiger partial charge < -0.3 is 0 Å². The molecule has 0 radical (unpaired) electrons. The Labute approximate surface area is 133 Å². The molecule has 2 rings (SSSR count). The average molecular weight is 371 g/mol. The van der Waals surface area contributed by atoms with Crippen LogP contribution in [0.3, 0.4) is 0 Å². The maximum atomic E-state index is 12.8. The Kier molecular flexibility index (Phi) is 4.97. The Morgan fingerprint density at radius 2 is 1.73 bits per heavy atom. The predicted molar refractivity (Wildman–Crippen MR) is 80.6 cm³/mol. The van der Waals surface area contributed by atoms with E-state index in [1.807, 2.05) is 0 Å². The van der Waals surface area contributed by atoms with Crippen LogP contribution in [0.4, 0.5) is 13.2 Å². The third-order valence-corrected chi connectivity index (χ3v) is 3.27. The van der Waals surface area contributed by atoms with Gasteiger partial charge in [0.25, 0.3) is 5.91 Å². The summed E-state index contributed by atoms with van der Waals surface area (Å²) in [4.78, 5) is 11.8. The Morgan fingerprint density at radius 1 is 1.09 bits per heavy atom. The van der Waals surface area contributed by atoms with Gasteiger partial charge in [-0.15, -0.1) is 0 Å². The van der Waals surface area contributed by atoms with Crippen molar-refractivity contribution in [1.82, 2.24) is 5.43 Å². The third-order valence-electron chi connectivity index (χ3n) is 2.74. The molecule has 0 fully saturated rings. The van der Waals surface area contributed by atoms with E-state index in [2.05, 4.69) is 26.5 Å². The number of amides is 1. The van der Waals surface area contributed by atoms with Crippen molar-refractivity contribution in [2.75, 3.05) is 0 Å². The molecule has 0 spiro atoms. The number of nitrogens with zero attached hydrogens (tertiary/aromatic N) is 1. The minimum absolute atomic E-state index is 0.119. The fourth-order valence-corrected chi connectivity index (χ4v) is 1.96. The van der Waals surface area contributed by atoms with Crippen LogP contribution in [0.25, 0.3) is 0 Å². The Bertz CT molecular complexity index is 697. The highest BCUT2D eigenvalue weighted by atomic mass is 79.9. The van der Waals surface area contributed by atoms with E-state index in [-0.39, 0.29) is 5.56 Å². The van der Waals surface area contributed by atoms with Crippen LogP contribution in [-0.2, 0) is 6.18 Å². The molecule has 3 nitrogen and oxygen atoms in total. The van der Waals surface area contributed by atoms with Gasteiger partial charge in [0.15, 0.2) is 0 Å². The molecule has 0 saturated carbocycles. The zero-order valence-corrected chi connectivity index (χ0v) is 12.6. The zero-order chi connectivity index (χ0) is 16.2. The Hall–Kier alpha value is -2.15. The fraction of sp³-hybridized carbons (Fsp3) is 0.0667. The highest BCUT2D eigenvalue weighted by Gasteiger charge is 2.32. The molecule has 0 unspecified atom stereocenters. The predicted octanol–water partition coefficient (Wildman–Crippen LogP) is 4.23. The SMILES string of the molecule is O=C(NN=Cc1ccccc1C(F)(F)F)c1ccc(Br)cc1. The average Bonchev–Trinajstić information content (AvgIpc) is 2.47. The van der Waals surface area contributed by atoms with Crippen LogP contribution in [0.15, 0.2) is 58.1 Å². The second kappa shape index (κ2) is 6.74. The molecule has 2 aromatic rings. The van der Waals surface area contributed by atoms with Crippen LogP contribution < -0.4 is 5.43 Å². The van der Waals surface area contributed by atoms with Gasteiger partial charge in [-0.3, -0.25) is 4.79 Å². The molecule has 0 heterocycles. The number of hydrogen-bond acceptors (Lipinski definition) is 2. The summed E-state index contributed by atoms with van der Waals surface area (Å²) in [5.74, 6) is -0.506. The lowest BCUT2D eigenvalue weighted by Crippen LogP contribution is -2.18. The minimum atomic E-state index is -4.47. The summed E-state index contributed by atoms with van der Waals surface area (Å²) >= 11 is 3.24. The first-order valence-corrected chi connectivity index (χ1v) is 6.92. The van der Waals surface area contributed by atoms with Crippen molar-refractivity contribution in [2.45, 2.75) is 6.18 Å². The number of hydrazone groups is 1. The van der Waals surface area contributed by atoms with Gasteiger partial charge in [0.2, 0.25) is 0 Å². The van der Waals surface area contributed by atoms with Crippen LogP contribution >= 0.6 is 15.9 Å². The van der Waals surface area contributed by atoms with Crippen LogP contribution in [-0.4, -0.2) is 12.1 Å². The van der Waals surface area contributed by atoms with Gasteiger partial charge in [0, 0.05) is 15.6 Å². The largest absolute Gasteiger partial charge is 0.417 e. The van der Waals surface area contributed by atoms with E-state index in [1.54, 1.807) is 24.3 Å². The summed E-state index contributed by atoms with van der Waals surface area (Å²) in [6.07, 6.45) is -3.50. The van der Waals surface area contributed by atoms with Gasteiger partial charge >= 0.3 is 6.18 Å². The number of hydrogen-bond donors (Lipinski definition) is 1. The van der Waals surface area contributed by atoms with Crippen molar-refractivity contribution in [2.24, 2.45) is 5.10 Å². The topological polar surface area (TPSA) is 41.5 Å². The summed E-state index contributed by atoms with van der Waals surface area (Å²) in [7, 11) is 0. The smallest absolute Gasteiger partial charge is 0.267 e. The molecule has 0 bridgehead atoms. The maximum absolute atomic E-state index is 12.8. The number of alkyl halides is 3. The molecular formula is C15H10BrF3N2O. The van der Waals surface area contributed by atoms with Crippen LogP contribution in [0.2, 0.25) is 0 Å². The summed E-state index contributed by atoms with van der Waals surface area (Å²) in [5, 5.41) is 3.58. The fourth-order valence-electron chi connectivity index (χ4n) is 1.69. The van der Waals surface area contributed by atoms with E-state index >= 15 is 0 Å². The molecule has 0 aromatic heterocycles. The van der Waals surface area contributed by atoms with Crippen LogP contribution in [0.1, 0.15) is 21.5 Å². The van der Waals surface area contributed by atoms with E-state index < -0.39 is 17.6 Å². The Balaban J connectivity index is 2.10. The summed E-state index contributed by atoms with van der Waals surface area (Å²) in [6.45, 7) is 0. The second-order valence-corrected chi connectivity index (χ2v) is 5.21. The highest BCUT2D eigenvalue weighted by Crippen LogP contribution is 2.31. The zero-order valence-electron chi connectivity index (χ0n) is 11.1. The minimum Gasteiger partial charge on any atom is -0.267 e. The number of nitrogens with one attached hydrogen (secondary N) is 1. The van der Waals surface area contributed by atoms with Gasteiger partial charge in [-0.25, -0.2) is 5.43 Å². The summed E-state index contributed by atoms with van der Waals surface area (Å²) < 4.78 is 39.2. The number of benzene rings is 2. The van der Waals surface area contributed by atoms with Crippen molar-refractivity contribution in [1.29, 1.82) is 0 Å². The molecule has 0 atom stereocenters. The van der Waals surface area contributed by atoms with E-state index in [9.17, 15) is 18.0 Å². The number of carbonyl (C=O) groups is 1. The van der Waals surface area contributed by atoms with Crippen molar-refractivity contribution >= 4 is 28.1 Å². The van der Waals surface area contributed by atoms with Gasteiger partial charge in [0.05, 0.1) is 11.8 Å². The molecule has 0 aliphatic rings. The monoisotopic (exact) mass is 370 g/mol. The number of halogens is 4. The van der Waals surface area contributed by atoms with Crippen molar-refractivity contribution < 1.29 is 18.0 Å². The molecule has 1 N–H and O–H groups in total. The van der Waals surface area contributed by atoms with Crippen LogP contribution in [0, 0.1) is 0 Å². The molecule has 0 aliphatic heterocycles. The highest BCUT2D eigenvalue weighted by molar-refractivity contribution is 9.10. The van der Waals surface area contributed by atoms with Crippen LogP contribution in [0.5, 0.6) is 0 Å². The van der Waals surface area contributed by atoms with Crippen molar-refractivity contribution in [3.05, 3.63) is 69.7 Å². The van der Waals surface area contributed by atoms with E-state index in [0.29, 0.717) is 5.56 Å². The normalized spacial score (nSPS) is 11.6. The molecule has 22 heavy (non-hydrogen) atoms. The second-order valence-electron chi connectivity index (χ2n) is 4.29. The Morgan fingerprint density at radius 3 is 2.36 bits per heavy atom. The maximum Gasteiger partial charge on any atom is 0.417 e. The molecular weight excluding hydrogens is 361 g/mol. The van der Waals surface area contributed by atoms with Gasteiger partial charge in [0.1, 0.15) is 0 Å². The molecule has 1 amide bonds. The lowest BCUT2D eigenvalue weighted by Gasteiger charge is -2.09. The van der Waals surface area contributed by atoms with Gasteiger partial charge in [-0.1, -0.05) is 34.1 Å². The molecule has 114 valence electrons. The number of carbonyl (C=O) groups excluding carboxylic acids is 1. The standard InChI is InChI=1S/C15H10BrF3N2O/c16-12-7-5-10(6-8-12)14(22)21-20-9-11-3-1-2-4-13(11)15(17,18)19/h1-9H,(H,21,22).